The predicted octanol–water partition coefficient (Wildman–Crippen LogP) is 6.78. The lowest BCUT2D eigenvalue weighted by atomic mass is 9.91. The van der Waals surface area contributed by atoms with E-state index >= 15 is 0 Å². The highest BCUT2D eigenvalue weighted by Gasteiger charge is 2.55. The van der Waals surface area contributed by atoms with Crippen molar-refractivity contribution in [1.29, 1.82) is 0 Å². The molecule has 2 aliphatic carbocycles. The van der Waals surface area contributed by atoms with E-state index in [4.69, 9.17) is 35.5 Å². The van der Waals surface area contributed by atoms with Crippen molar-refractivity contribution in [3.8, 4) is 39.6 Å². The molecule has 3 aromatic rings. The molecule has 0 aliphatic heterocycles. The van der Waals surface area contributed by atoms with Gasteiger partial charge in [-0.2, -0.15) is 0 Å². The molecule has 5 rings (SSSR count). The smallest absolute Gasteiger partial charge is 0.496 e. The van der Waals surface area contributed by atoms with Gasteiger partial charge in [0.1, 0.15) is 22.9 Å². The highest BCUT2D eigenvalue weighted by atomic mass is 35.5. The van der Waals surface area contributed by atoms with Crippen LogP contribution in [0.1, 0.15) is 42.6 Å². The average Bonchev–Trinajstić information content (AvgIpc) is 3.60. The number of ether oxygens (including phenoxy) is 4. The van der Waals surface area contributed by atoms with Gasteiger partial charge in [-0.05, 0) is 82.1 Å². The maximum atomic E-state index is 13.7. The monoisotopic (exact) mass is 659 g/mol. The zero-order valence-electron chi connectivity index (χ0n) is 25.8. The van der Waals surface area contributed by atoms with Crippen molar-refractivity contribution in [2.24, 2.45) is 11.8 Å². The molecule has 0 saturated heterocycles. The zero-order chi connectivity index (χ0) is 31.4. The number of nitrogens with one attached hydrogen (secondary N) is 1. The molecule has 45 heavy (non-hydrogen) atoms. The van der Waals surface area contributed by atoms with Gasteiger partial charge in [-0.3, -0.25) is 4.79 Å². The van der Waals surface area contributed by atoms with Crippen LogP contribution in [0.2, 0.25) is 5.02 Å². The summed E-state index contributed by atoms with van der Waals surface area (Å²) < 4.78 is 22.8. The molecule has 3 unspecified atom stereocenters. The summed E-state index contributed by atoms with van der Waals surface area (Å²) in [6, 6.07) is 14.2. The predicted molar refractivity (Wildman–Crippen MR) is 174 cm³/mol. The SMILES string of the molecule is COc1cccc(OC)c1-c1ccc(C(=O)NC2(OC(=O)O)CC3CCC2C3)nc1-c1ccc(Cl)c(OCCCN(C)C)c1.Cl. The van der Waals surface area contributed by atoms with Gasteiger partial charge in [-0.1, -0.05) is 23.7 Å². The lowest BCUT2D eigenvalue weighted by molar-refractivity contribution is -0.0699. The maximum Gasteiger partial charge on any atom is 0.507 e. The minimum absolute atomic E-state index is 0. The van der Waals surface area contributed by atoms with E-state index in [9.17, 15) is 14.7 Å². The summed E-state index contributed by atoms with van der Waals surface area (Å²) in [5.41, 5.74) is 1.29. The Morgan fingerprint density at radius 1 is 1.07 bits per heavy atom. The van der Waals surface area contributed by atoms with Gasteiger partial charge < -0.3 is 34.3 Å². The van der Waals surface area contributed by atoms with Crippen LogP contribution in [0.25, 0.3) is 22.4 Å². The Kier molecular flexibility index (Phi) is 11.1. The van der Waals surface area contributed by atoms with E-state index in [1.165, 1.54) is 0 Å². The topological polar surface area (TPSA) is 119 Å². The fraction of sp³-hybridized carbons (Fsp3) is 0.424. The molecule has 0 spiro atoms. The average molecular weight is 661 g/mol. The molecule has 1 heterocycles. The number of amides is 1. The summed E-state index contributed by atoms with van der Waals surface area (Å²) in [7, 11) is 7.16. The first-order chi connectivity index (χ1) is 21.1. The van der Waals surface area contributed by atoms with Gasteiger partial charge in [-0.15, -0.1) is 12.4 Å². The fourth-order valence-electron chi connectivity index (χ4n) is 6.44. The van der Waals surface area contributed by atoms with Crippen molar-refractivity contribution in [3.05, 3.63) is 59.2 Å². The van der Waals surface area contributed by atoms with Crippen molar-refractivity contribution in [3.63, 3.8) is 0 Å². The maximum absolute atomic E-state index is 13.7. The van der Waals surface area contributed by atoms with E-state index in [2.05, 4.69) is 10.2 Å². The Hall–Kier alpha value is -3.73. The Bertz CT molecular complexity index is 1510. The Morgan fingerprint density at radius 2 is 1.80 bits per heavy atom. The van der Waals surface area contributed by atoms with Crippen molar-refractivity contribution in [2.45, 2.75) is 37.8 Å². The van der Waals surface area contributed by atoms with Crippen molar-refractivity contribution >= 4 is 36.1 Å². The molecular weight excluding hydrogens is 621 g/mol. The number of halogens is 2. The molecule has 1 aromatic heterocycles. The van der Waals surface area contributed by atoms with E-state index in [0.29, 0.717) is 63.6 Å². The summed E-state index contributed by atoms with van der Waals surface area (Å²) in [5.74, 6) is 1.34. The number of nitrogens with zero attached hydrogens (tertiary/aromatic N) is 2. The van der Waals surface area contributed by atoms with E-state index in [-0.39, 0.29) is 24.0 Å². The fourth-order valence-corrected chi connectivity index (χ4v) is 6.62. The molecule has 1 amide bonds. The van der Waals surface area contributed by atoms with Crippen molar-refractivity contribution in [1.82, 2.24) is 15.2 Å². The minimum Gasteiger partial charge on any atom is -0.496 e. The number of methoxy groups -OCH3 is 2. The van der Waals surface area contributed by atoms with Crippen LogP contribution in [0.5, 0.6) is 17.2 Å². The molecule has 242 valence electrons. The number of benzene rings is 2. The van der Waals surface area contributed by atoms with Gasteiger partial charge in [0.15, 0.2) is 5.72 Å². The number of rotatable bonds is 12. The molecule has 10 nitrogen and oxygen atoms in total. The van der Waals surface area contributed by atoms with Crippen LogP contribution in [0.3, 0.4) is 0 Å². The number of carboxylic acid groups (broad SMARTS) is 1. The number of hydrogen-bond acceptors (Lipinski definition) is 8. The highest BCUT2D eigenvalue weighted by molar-refractivity contribution is 6.32. The Morgan fingerprint density at radius 3 is 2.40 bits per heavy atom. The third-order valence-corrected chi connectivity index (χ3v) is 8.74. The summed E-state index contributed by atoms with van der Waals surface area (Å²) in [6.07, 6.45) is 2.47. The zero-order valence-corrected chi connectivity index (χ0v) is 27.4. The molecule has 12 heteroatoms. The van der Waals surface area contributed by atoms with Crippen LogP contribution in [-0.2, 0) is 4.74 Å². The number of hydrogen-bond donors (Lipinski definition) is 2. The number of fused-ring (bicyclic) bond motifs is 2. The molecular formula is C33H39Cl2N3O7. The lowest BCUT2D eigenvalue weighted by Gasteiger charge is -2.36. The van der Waals surface area contributed by atoms with E-state index < -0.39 is 17.8 Å². The van der Waals surface area contributed by atoms with E-state index in [0.717, 1.165) is 32.2 Å². The third-order valence-electron chi connectivity index (χ3n) is 8.42. The summed E-state index contributed by atoms with van der Waals surface area (Å²) in [6.45, 7) is 1.33. The van der Waals surface area contributed by atoms with Gasteiger partial charge in [0.2, 0.25) is 0 Å². The van der Waals surface area contributed by atoms with E-state index in [1.54, 1.807) is 38.5 Å². The second kappa shape index (κ2) is 14.6. The summed E-state index contributed by atoms with van der Waals surface area (Å²) >= 11 is 6.52. The quantitative estimate of drug-likeness (QED) is 0.123. The van der Waals surface area contributed by atoms with Crippen molar-refractivity contribution in [2.75, 3.05) is 41.5 Å². The number of aromatic nitrogens is 1. The first-order valence-electron chi connectivity index (χ1n) is 14.7. The summed E-state index contributed by atoms with van der Waals surface area (Å²) in [5, 5.41) is 12.9. The van der Waals surface area contributed by atoms with Gasteiger partial charge in [0.25, 0.3) is 5.91 Å². The van der Waals surface area contributed by atoms with Gasteiger partial charge in [-0.25, -0.2) is 9.78 Å². The Balaban J connectivity index is 0.00000461. The van der Waals surface area contributed by atoms with E-state index in [1.807, 2.05) is 38.4 Å². The van der Waals surface area contributed by atoms with Crippen LogP contribution >= 0.6 is 24.0 Å². The van der Waals surface area contributed by atoms with Gasteiger partial charge in [0.05, 0.1) is 37.1 Å². The van der Waals surface area contributed by atoms with Crippen LogP contribution in [0.4, 0.5) is 4.79 Å². The van der Waals surface area contributed by atoms with Crippen molar-refractivity contribution < 1.29 is 33.6 Å². The second-order valence-corrected chi connectivity index (χ2v) is 12.0. The van der Waals surface area contributed by atoms with Crippen LogP contribution in [0.15, 0.2) is 48.5 Å². The number of carbonyl (C=O) groups excluding carboxylic acids is 1. The lowest BCUT2D eigenvalue weighted by Crippen LogP contribution is -2.55. The first kappa shape index (κ1) is 34.1. The van der Waals surface area contributed by atoms with Gasteiger partial charge in [0, 0.05) is 30.0 Å². The molecule has 3 atom stereocenters. The summed E-state index contributed by atoms with van der Waals surface area (Å²) in [4.78, 5) is 32.3. The number of pyridine rings is 1. The highest BCUT2D eigenvalue weighted by Crippen LogP contribution is 2.51. The van der Waals surface area contributed by atoms with Gasteiger partial charge >= 0.3 is 6.16 Å². The number of carbonyl (C=O) groups is 2. The molecule has 2 N–H and O–H groups in total. The molecule has 2 saturated carbocycles. The molecule has 2 aromatic carbocycles. The second-order valence-electron chi connectivity index (χ2n) is 11.6. The largest absolute Gasteiger partial charge is 0.507 e. The van der Waals surface area contributed by atoms with Crippen LogP contribution in [0, 0.1) is 11.8 Å². The molecule has 0 radical (unpaired) electrons. The first-order valence-corrected chi connectivity index (χ1v) is 15.1. The molecule has 2 bridgehead atoms. The third kappa shape index (κ3) is 7.40. The standard InChI is InChI=1S/C33H38ClN3O7.ClH/c1-37(2)15-6-16-43-28-18-21(10-13-24(28)34)30-23(29-26(41-3)7-5-8-27(29)42-4)12-14-25(35-30)31(38)36-33(44-32(39)40)19-20-9-11-22(33)17-20;/h5,7-8,10,12-14,18,20,22H,6,9,11,15-17,19H2,1-4H3,(H,36,38)(H,39,40);1H. The minimum atomic E-state index is -1.41. The van der Waals surface area contributed by atoms with Crippen LogP contribution in [-0.4, -0.2) is 74.2 Å². The molecule has 2 fully saturated rings. The van der Waals surface area contributed by atoms with Crippen LogP contribution < -0.4 is 19.5 Å². The normalized spacial score (nSPS) is 20.0. The molecule has 2 aliphatic rings. The Labute approximate surface area is 274 Å².